The summed E-state index contributed by atoms with van der Waals surface area (Å²) >= 11 is 0. The number of rotatable bonds is 0. The van der Waals surface area contributed by atoms with Crippen molar-refractivity contribution in [1.29, 1.82) is 0 Å². The van der Waals surface area contributed by atoms with Gasteiger partial charge in [0.25, 0.3) is 0 Å². The number of Topliss-reactive ketones (excluding diaryl/α,β-unsaturated/α-hetero) is 1. The summed E-state index contributed by atoms with van der Waals surface area (Å²) in [5, 5.41) is 11.3. The van der Waals surface area contributed by atoms with Crippen molar-refractivity contribution in [1.82, 2.24) is 0 Å². The molecule has 0 spiro atoms. The first kappa shape index (κ1) is 7.25. The van der Waals surface area contributed by atoms with Crippen LogP contribution in [0.25, 0.3) is 0 Å². The fourth-order valence-corrected chi connectivity index (χ4v) is 1.14. The maximum absolute atomic E-state index is 11.0. The van der Waals surface area contributed by atoms with Gasteiger partial charge in [0, 0.05) is 6.42 Å². The predicted molar refractivity (Wildman–Crippen MR) is 37.3 cm³/mol. The third kappa shape index (κ3) is 1.56. The lowest BCUT2D eigenvalue weighted by Crippen LogP contribution is -2.10. The van der Waals surface area contributed by atoms with Crippen molar-refractivity contribution < 1.29 is 10.0 Å². The Bertz CT molecular complexity index is 163. The van der Waals surface area contributed by atoms with Gasteiger partial charge in [0.05, 0.1) is 0 Å². The molecular weight excluding hydrogens is 130 g/mol. The van der Waals surface area contributed by atoms with E-state index in [-0.39, 0.29) is 5.78 Å². The Hall–Kier alpha value is -0.860. The number of carbonyl (C=O) groups is 1. The number of hydrogen-bond acceptors (Lipinski definition) is 3. The average molecular weight is 141 g/mol. The molecule has 0 bridgehead atoms. The van der Waals surface area contributed by atoms with Gasteiger partial charge in [0.2, 0.25) is 0 Å². The number of oxime groups is 1. The molecule has 3 heteroatoms. The lowest BCUT2D eigenvalue weighted by Gasteiger charge is -1.93. The molecule has 0 radical (unpaired) electrons. The van der Waals surface area contributed by atoms with E-state index in [9.17, 15) is 4.79 Å². The number of ketones is 1. The highest BCUT2D eigenvalue weighted by Crippen LogP contribution is 2.11. The molecule has 0 heterocycles. The summed E-state index contributed by atoms with van der Waals surface area (Å²) < 4.78 is 0. The smallest absolute Gasteiger partial charge is 0.180 e. The second-order valence-corrected chi connectivity index (χ2v) is 2.53. The Labute approximate surface area is 59.7 Å². The largest absolute Gasteiger partial charge is 0.411 e. The lowest BCUT2D eigenvalue weighted by atomic mass is 10.1. The van der Waals surface area contributed by atoms with Crippen molar-refractivity contribution in [2.75, 3.05) is 0 Å². The van der Waals surface area contributed by atoms with E-state index in [1.54, 1.807) is 0 Å². The highest BCUT2D eigenvalue weighted by atomic mass is 16.4. The molecule has 10 heavy (non-hydrogen) atoms. The van der Waals surface area contributed by atoms with Gasteiger partial charge < -0.3 is 5.21 Å². The molecule has 1 saturated carbocycles. The third-order valence-corrected chi connectivity index (χ3v) is 1.76. The summed E-state index contributed by atoms with van der Waals surface area (Å²) in [6.07, 6.45) is 4.20. The first-order valence-electron chi connectivity index (χ1n) is 3.58. The Morgan fingerprint density at radius 1 is 1.20 bits per heavy atom. The molecular formula is C7H11NO2. The molecule has 0 aromatic heterocycles. The highest BCUT2D eigenvalue weighted by Gasteiger charge is 2.14. The van der Waals surface area contributed by atoms with Crippen LogP contribution < -0.4 is 0 Å². The third-order valence-electron chi connectivity index (χ3n) is 1.76. The normalized spacial score (nSPS) is 24.8. The van der Waals surface area contributed by atoms with E-state index in [2.05, 4.69) is 5.16 Å². The summed E-state index contributed by atoms with van der Waals surface area (Å²) in [6, 6.07) is 0. The summed E-state index contributed by atoms with van der Waals surface area (Å²) in [6.45, 7) is 0. The zero-order chi connectivity index (χ0) is 7.40. The fraction of sp³-hybridized carbons (Fsp3) is 0.714. The van der Waals surface area contributed by atoms with Crippen molar-refractivity contribution in [2.24, 2.45) is 5.16 Å². The second-order valence-electron chi connectivity index (χ2n) is 2.53. The van der Waals surface area contributed by atoms with Crippen LogP contribution in [0.15, 0.2) is 5.16 Å². The molecule has 1 rings (SSSR count). The molecule has 0 aliphatic heterocycles. The van der Waals surface area contributed by atoms with E-state index >= 15 is 0 Å². The van der Waals surface area contributed by atoms with Crippen LogP contribution in [0.5, 0.6) is 0 Å². The summed E-state index contributed by atoms with van der Waals surface area (Å²) in [5.41, 5.74) is 0.359. The maximum Gasteiger partial charge on any atom is 0.180 e. The minimum atomic E-state index is 0.0139. The van der Waals surface area contributed by atoms with Crippen molar-refractivity contribution in [3.8, 4) is 0 Å². The monoisotopic (exact) mass is 141 g/mol. The van der Waals surface area contributed by atoms with Gasteiger partial charge in [0.1, 0.15) is 5.71 Å². The van der Waals surface area contributed by atoms with Crippen molar-refractivity contribution in [3.05, 3.63) is 0 Å². The first-order chi connectivity index (χ1) is 4.84. The number of carbonyl (C=O) groups excluding carboxylic acids is 1. The minimum absolute atomic E-state index is 0.0139. The van der Waals surface area contributed by atoms with Crippen LogP contribution in [-0.4, -0.2) is 16.7 Å². The van der Waals surface area contributed by atoms with Crippen LogP contribution in [0.3, 0.4) is 0 Å². The van der Waals surface area contributed by atoms with E-state index in [0.717, 1.165) is 19.3 Å². The van der Waals surface area contributed by atoms with Crippen LogP contribution in [0.2, 0.25) is 0 Å². The van der Waals surface area contributed by atoms with Crippen LogP contribution in [0.4, 0.5) is 0 Å². The minimum Gasteiger partial charge on any atom is -0.411 e. The molecule has 1 N–H and O–H groups in total. The van der Waals surface area contributed by atoms with Gasteiger partial charge >= 0.3 is 0 Å². The van der Waals surface area contributed by atoms with Gasteiger partial charge in [-0.2, -0.15) is 0 Å². The zero-order valence-corrected chi connectivity index (χ0v) is 5.84. The summed E-state index contributed by atoms with van der Waals surface area (Å²) in [5.74, 6) is 0.0139. The molecule has 1 aliphatic carbocycles. The SMILES string of the molecule is O=C1CCCCC/C1=N/O. The van der Waals surface area contributed by atoms with Gasteiger partial charge in [-0.05, 0) is 19.3 Å². The molecule has 0 aromatic carbocycles. The van der Waals surface area contributed by atoms with E-state index in [1.807, 2.05) is 0 Å². The van der Waals surface area contributed by atoms with Gasteiger partial charge in [-0.3, -0.25) is 4.79 Å². The molecule has 0 unspecified atom stereocenters. The Morgan fingerprint density at radius 3 is 2.60 bits per heavy atom. The number of hydrogen-bond donors (Lipinski definition) is 1. The topological polar surface area (TPSA) is 49.7 Å². The zero-order valence-electron chi connectivity index (χ0n) is 5.84. The summed E-state index contributed by atoms with van der Waals surface area (Å²) in [7, 11) is 0. The Morgan fingerprint density at radius 2 is 1.90 bits per heavy atom. The van der Waals surface area contributed by atoms with Crippen LogP contribution in [0, 0.1) is 0 Å². The second kappa shape index (κ2) is 3.34. The number of nitrogens with zero attached hydrogens (tertiary/aromatic N) is 1. The van der Waals surface area contributed by atoms with E-state index < -0.39 is 0 Å². The van der Waals surface area contributed by atoms with E-state index in [0.29, 0.717) is 18.6 Å². The molecule has 0 saturated heterocycles. The quantitative estimate of drug-likeness (QED) is 0.314. The molecule has 56 valence electrons. The highest BCUT2D eigenvalue weighted by molar-refractivity contribution is 6.39. The molecule has 0 amide bonds. The lowest BCUT2D eigenvalue weighted by molar-refractivity contribution is -0.113. The van der Waals surface area contributed by atoms with Crippen LogP contribution in [-0.2, 0) is 4.79 Å². The molecule has 1 aliphatic rings. The average Bonchev–Trinajstić information content (AvgIpc) is 2.13. The van der Waals surface area contributed by atoms with Crippen molar-refractivity contribution in [3.63, 3.8) is 0 Å². The van der Waals surface area contributed by atoms with Crippen LogP contribution in [0.1, 0.15) is 32.1 Å². The molecule has 1 fully saturated rings. The van der Waals surface area contributed by atoms with Gasteiger partial charge in [-0.15, -0.1) is 0 Å². The van der Waals surface area contributed by atoms with Gasteiger partial charge in [-0.25, -0.2) is 0 Å². The van der Waals surface area contributed by atoms with Crippen molar-refractivity contribution >= 4 is 11.5 Å². The van der Waals surface area contributed by atoms with Crippen LogP contribution >= 0.6 is 0 Å². The summed E-state index contributed by atoms with van der Waals surface area (Å²) in [4.78, 5) is 11.0. The first-order valence-corrected chi connectivity index (χ1v) is 3.58. The van der Waals surface area contributed by atoms with Gasteiger partial charge in [0.15, 0.2) is 5.78 Å². The maximum atomic E-state index is 11.0. The van der Waals surface area contributed by atoms with Gasteiger partial charge in [-0.1, -0.05) is 11.6 Å². The Kier molecular flexibility index (Phi) is 2.42. The fourth-order valence-electron chi connectivity index (χ4n) is 1.14. The van der Waals surface area contributed by atoms with E-state index in [1.165, 1.54) is 0 Å². The molecule has 3 nitrogen and oxygen atoms in total. The standard InChI is InChI=1S/C7H11NO2/c9-7-5-3-1-2-4-6(7)8-10/h10H,1-5H2/b8-6-. The predicted octanol–water partition coefficient (Wildman–Crippen LogP) is 1.35. The van der Waals surface area contributed by atoms with Crippen molar-refractivity contribution in [2.45, 2.75) is 32.1 Å². The van der Waals surface area contributed by atoms with E-state index in [4.69, 9.17) is 5.21 Å². The molecule has 0 aromatic rings. The Balaban J connectivity index is 2.61. The molecule has 0 atom stereocenters.